The first-order chi connectivity index (χ1) is 10.1. The zero-order chi connectivity index (χ0) is 14.8. The van der Waals surface area contributed by atoms with Crippen LogP contribution in [0.1, 0.15) is 15.2 Å². The third-order valence-corrected chi connectivity index (χ3v) is 3.64. The van der Waals surface area contributed by atoms with Gasteiger partial charge in [-0.1, -0.05) is 6.07 Å². The number of rotatable bonds is 4. The number of thiophene rings is 1. The Hall–Kier alpha value is -2.60. The number of ether oxygens (including phenoxy) is 2. The van der Waals surface area contributed by atoms with Crippen LogP contribution in [0.25, 0.3) is 6.08 Å². The molecular weight excluding hydrogens is 292 g/mol. The van der Waals surface area contributed by atoms with Gasteiger partial charge in [-0.05, 0) is 23.6 Å². The van der Waals surface area contributed by atoms with Crippen LogP contribution in [0.15, 0.2) is 41.5 Å². The standard InChI is InChI=1S/C15H10O5S/c16-14(17)8-19-9-3-4-11-12(6-9)20-13(15(11)18)7-10-2-1-5-21-10/h1-7H,8H2,(H,16,17)/b13-7-. The average Bonchev–Trinajstić information content (AvgIpc) is 3.06. The van der Waals surface area contributed by atoms with E-state index >= 15 is 0 Å². The van der Waals surface area contributed by atoms with Crippen molar-refractivity contribution in [2.24, 2.45) is 0 Å². The number of carbonyl (C=O) groups is 2. The molecule has 3 rings (SSSR count). The van der Waals surface area contributed by atoms with Crippen molar-refractivity contribution >= 4 is 29.2 Å². The molecule has 0 saturated heterocycles. The normalized spacial score (nSPS) is 14.9. The van der Waals surface area contributed by atoms with Crippen LogP contribution in [0.5, 0.6) is 11.5 Å². The summed E-state index contributed by atoms with van der Waals surface area (Å²) < 4.78 is 10.6. The molecule has 2 heterocycles. The molecule has 1 aliphatic heterocycles. The number of carboxylic acid groups (broad SMARTS) is 1. The van der Waals surface area contributed by atoms with Crippen molar-refractivity contribution in [1.29, 1.82) is 0 Å². The highest BCUT2D eigenvalue weighted by Gasteiger charge is 2.27. The fourth-order valence-corrected chi connectivity index (χ4v) is 2.55. The Morgan fingerprint density at radius 2 is 2.24 bits per heavy atom. The highest BCUT2D eigenvalue weighted by molar-refractivity contribution is 7.10. The van der Waals surface area contributed by atoms with Gasteiger partial charge in [0.25, 0.3) is 0 Å². The fraction of sp³-hybridized carbons (Fsp3) is 0.0667. The molecule has 1 N–H and O–H groups in total. The lowest BCUT2D eigenvalue weighted by atomic mass is 10.1. The topological polar surface area (TPSA) is 72.8 Å². The molecule has 6 heteroatoms. The number of ketones is 1. The predicted molar refractivity (Wildman–Crippen MR) is 76.8 cm³/mol. The minimum Gasteiger partial charge on any atom is -0.482 e. The first-order valence-electron chi connectivity index (χ1n) is 6.10. The summed E-state index contributed by atoms with van der Waals surface area (Å²) in [5, 5.41) is 10.5. The van der Waals surface area contributed by atoms with Crippen LogP contribution in [0.2, 0.25) is 0 Å². The molecule has 0 aliphatic carbocycles. The quantitative estimate of drug-likeness (QED) is 0.879. The second kappa shape index (κ2) is 5.41. The smallest absolute Gasteiger partial charge is 0.341 e. The Balaban J connectivity index is 1.84. The van der Waals surface area contributed by atoms with Crippen LogP contribution in [-0.4, -0.2) is 23.5 Å². The van der Waals surface area contributed by atoms with Crippen LogP contribution in [0.4, 0.5) is 0 Å². The van der Waals surface area contributed by atoms with Gasteiger partial charge in [0, 0.05) is 17.0 Å². The molecule has 1 aromatic carbocycles. The molecule has 0 unspecified atom stereocenters. The molecule has 0 fully saturated rings. The largest absolute Gasteiger partial charge is 0.482 e. The molecule has 0 spiro atoms. The molecule has 5 nitrogen and oxygen atoms in total. The van der Waals surface area contributed by atoms with Gasteiger partial charge in [-0.25, -0.2) is 4.79 Å². The Labute approximate surface area is 124 Å². The van der Waals surface area contributed by atoms with E-state index in [9.17, 15) is 9.59 Å². The van der Waals surface area contributed by atoms with E-state index in [1.807, 2.05) is 17.5 Å². The number of carboxylic acids is 1. The van der Waals surface area contributed by atoms with Crippen molar-refractivity contribution in [2.75, 3.05) is 6.61 Å². The molecule has 21 heavy (non-hydrogen) atoms. The van der Waals surface area contributed by atoms with Crippen molar-refractivity contribution in [3.05, 3.63) is 51.9 Å². The maximum atomic E-state index is 12.2. The van der Waals surface area contributed by atoms with E-state index < -0.39 is 12.6 Å². The SMILES string of the molecule is O=C(O)COc1ccc2c(c1)O/C(=C\c1cccs1)C2=O. The first kappa shape index (κ1) is 13.4. The zero-order valence-corrected chi connectivity index (χ0v) is 11.6. The third kappa shape index (κ3) is 2.80. The number of hydrogen-bond donors (Lipinski definition) is 1. The number of hydrogen-bond acceptors (Lipinski definition) is 5. The second-order valence-corrected chi connectivity index (χ2v) is 5.27. The summed E-state index contributed by atoms with van der Waals surface area (Å²) in [6.07, 6.45) is 1.69. The lowest BCUT2D eigenvalue weighted by Crippen LogP contribution is -2.09. The number of aliphatic carboxylic acids is 1. The summed E-state index contributed by atoms with van der Waals surface area (Å²) in [5.41, 5.74) is 0.445. The second-order valence-electron chi connectivity index (χ2n) is 4.30. The highest BCUT2D eigenvalue weighted by Crippen LogP contribution is 2.35. The fourth-order valence-electron chi connectivity index (χ4n) is 1.90. The summed E-state index contributed by atoms with van der Waals surface area (Å²) in [4.78, 5) is 23.6. The molecular formula is C15H10O5S. The molecule has 0 saturated carbocycles. The van der Waals surface area contributed by atoms with Crippen molar-refractivity contribution in [1.82, 2.24) is 0 Å². The number of benzene rings is 1. The van der Waals surface area contributed by atoms with Gasteiger partial charge in [-0.15, -0.1) is 11.3 Å². The van der Waals surface area contributed by atoms with Crippen molar-refractivity contribution < 1.29 is 24.2 Å². The number of carbonyl (C=O) groups excluding carboxylic acids is 1. The van der Waals surface area contributed by atoms with E-state index in [0.29, 0.717) is 17.1 Å². The van der Waals surface area contributed by atoms with Crippen molar-refractivity contribution in [2.45, 2.75) is 0 Å². The molecule has 0 radical (unpaired) electrons. The number of allylic oxidation sites excluding steroid dienone is 1. The van der Waals surface area contributed by atoms with Crippen molar-refractivity contribution in [3.63, 3.8) is 0 Å². The Morgan fingerprint density at radius 3 is 2.95 bits per heavy atom. The van der Waals surface area contributed by atoms with Crippen LogP contribution in [0, 0.1) is 0 Å². The van der Waals surface area contributed by atoms with E-state index in [1.54, 1.807) is 18.2 Å². The zero-order valence-electron chi connectivity index (χ0n) is 10.7. The van der Waals surface area contributed by atoms with Gasteiger partial charge < -0.3 is 14.6 Å². The molecule has 1 aliphatic rings. The van der Waals surface area contributed by atoms with E-state index in [0.717, 1.165) is 4.88 Å². The first-order valence-corrected chi connectivity index (χ1v) is 6.98. The molecule has 2 aromatic rings. The lowest BCUT2D eigenvalue weighted by Gasteiger charge is -2.04. The Kier molecular flexibility index (Phi) is 3.45. The Morgan fingerprint density at radius 1 is 1.38 bits per heavy atom. The predicted octanol–water partition coefficient (Wildman–Crippen LogP) is 2.83. The average molecular weight is 302 g/mol. The van der Waals surface area contributed by atoms with Gasteiger partial charge in [0.2, 0.25) is 5.78 Å². The lowest BCUT2D eigenvalue weighted by molar-refractivity contribution is -0.139. The van der Waals surface area contributed by atoms with Gasteiger partial charge in [0.1, 0.15) is 11.5 Å². The van der Waals surface area contributed by atoms with E-state index in [2.05, 4.69) is 0 Å². The monoisotopic (exact) mass is 302 g/mol. The van der Waals surface area contributed by atoms with E-state index in [4.69, 9.17) is 14.6 Å². The summed E-state index contributed by atoms with van der Waals surface area (Å²) >= 11 is 1.51. The van der Waals surface area contributed by atoms with Crippen LogP contribution in [0.3, 0.4) is 0 Å². The molecule has 0 bridgehead atoms. The summed E-state index contributed by atoms with van der Waals surface area (Å²) in [6.45, 7) is -0.440. The summed E-state index contributed by atoms with van der Waals surface area (Å²) in [7, 11) is 0. The van der Waals surface area contributed by atoms with Crippen molar-refractivity contribution in [3.8, 4) is 11.5 Å². The minimum absolute atomic E-state index is 0.191. The van der Waals surface area contributed by atoms with E-state index in [1.165, 1.54) is 17.4 Å². The van der Waals surface area contributed by atoms with Gasteiger partial charge in [-0.3, -0.25) is 4.79 Å². The molecule has 1 aromatic heterocycles. The van der Waals surface area contributed by atoms with Gasteiger partial charge in [-0.2, -0.15) is 0 Å². The van der Waals surface area contributed by atoms with E-state index in [-0.39, 0.29) is 11.5 Å². The van der Waals surface area contributed by atoms with Crippen LogP contribution >= 0.6 is 11.3 Å². The third-order valence-electron chi connectivity index (χ3n) is 2.82. The highest BCUT2D eigenvalue weighted by atomic mass is 32.1. The molecule has 0 amide bonds. The van der Waals surface area contributed by atoms with Crippen LogP contribution in [-0.2, 0) is 4.79 Å². The Bertz CT molecular complexity index is 731. The van der Waals surface area contributed by atoms with Crippen LogP contribution < -0.4 is 9.47 Å². The van der Waals surface area contributed by atoms with Gasteiger partial charge in [0.15, 0.2) is 12.4 Å². The number of Topliss-reactive ketones (excluding diaryl/α,β-unsaturated/α-hetero) is 1. The number of fused-ring (bicyclic) bond motifs is 1. The summed E-state index contributed by atoms with van der Waals surface area (Å²) in [6, 6.07) is 8.42. The minimum atomic E-state index is -1.06. The van der Waals surface area contributed by atoms with Gasteiger partial charge >= 0.3 is 5.97 Å². The molecule has 0 atom stereocenters. The maximum absolute atomic E-state index is 12.2. The van der Waals surface area contributed by atoms with Gasteiger partial charge in [0.05, 0.1) is 5.56 Å². The summed E-state index contributed by atoms with van der Waals surface area (Å²) in [5.74, 6) is -0.274. The molecule has 106 valence electrons. The maximum Gasteiger partial charge on any atom is 0.341 e.